The fourth-order valence-electron chi connectivity index (χ4n) is 2.45. The zero-order chi connectivity index (χ0) is 17.1. The summed E-state index contributed by atoms with van der Waals surface area (Å²) in [5.41, 5.74) is 0.758. The first-order valence-corrected chi connectivity index (χ1v) is 7.95. The molecule has 1 atom stereocenters. The van der Waals surface area contributed by atoms with Crippen molar-refractivity contribution in [1.29, 1.82) is 0 Å². The molecule has 3 rings (SSSR count). The van der Waals surface area contributed by atoms with E-state index in [0.29, 0.717) is 31.2 Å². The van der Waals surface area contributed by atoms with Gasteiger partial charge in [-0.25, -0.2) is 4.79 Å². The molecule has 7 nitrogen and oxygen atoms in total. The van der Waals surface area contributed by atoms with Crippen LogP contribution >= 0.6 is 0 Å². The molecule has 1 aliphatic heterocycles. The second-order valence-corrected chi connectivity index (χ2v) is 5.63. The van der Waals surface area contributed by atoms with Crippen molar-refractivity contribution in [3.8, 4) is 11.5 Å². The monoisotopic (exact) mass is 331 g/mol. The van der Waals surface area contributed by atoms with Crippen LogP contribution in [0.15, 0.2) is 28.7 Å². The molecule has 7 heteroatoms. The molecule has 2 aromatic rings. The number of nitrogens with zero attached hydrogens (tertiary/aromatic N) is 2. The topological polar surface area (TPSA) is 76.8 Å². The molecule has 1 aromatic carbocycles. The summed E-state index contributed by atoms with van der Waals surface area (Å²) in [7, 11) is 0. The average Bonchev–Trinajstić information content (AvgIpc) is 2.89. The quantitative estimate of drug-likeness (QED) is 0.932. The molecular formula is C17H21N3O4. The maximum atomic E-state index is 12.4. The van der Waals surface area contributed by atoms with Crippen molar-refractivity contribution in [1.82, 2.24) is 9.88 Å². The lowest BCUT2D eigenvalue weighted by molar-refractivity contribution is 0.0692. The van der Waals surface area contributed by atoms with Crippen LogP contribution in [0.1, 0.15) is 18.4 Å². The number of urea groups is 1. The number of carbonyl (C=O) groups is 1. The summed E-state index contributed by atoms with van der Waals surface area (Å²) < 4.78 is 17.0. The van der Waals surface area contributed by atoms with E-state index in [9.17, 15) is 4.79 Å². The number of carbonyl (C=O) groups excluding carboxylic acids is 1. The molecule has 0 saturated carbocycles. The van der Waals surface area contributed by atoms with E-state index in [2.05, 4.69) is 10.3 Å². The fourth-order valence-corrected chi connectivity index (χ4v) is 2.45. The van der Waals surface area contributed by atoms with Gasteiger partial charge in [-0.1, -0.05) is 12.1 Å². The number of para-hydroxylation sites is 2. The van der Waals surface area contributed by atoms with Crippen molar-refractivity contribution in [2.24, 2.45) is 0 Å². The van der Waals surface area contributed by atoms with E-state index >= 15 is 0 Å². The van der Waals surface area contributed by atoms with Crippen LogP contribution in [0, 0.1) is 13.8 Å². The molecule has 0 spiro atoms. The van der Waals surface area contributed by atoms with Gasteiger partial charge in [-0.2, -0.15) is 4.98 Å². The van der Waals surface area contributed by atoms with Crippen LogP contribution in [0.5, 0.6) is 11.5 Å². The Morgan fingerprint density at radius 2 is 2.08 bits per heavy atom. The van der Waals surface area contributed by atoms with E-state index in [-0.39, 0.29) is 18.1 Å². The lowest BCUT2D eigenvalue weighted by Crippen LogP contribution is -2.45. The van der Waals surface area contributed by atoms with Crippen molar-refractivity contribution in [3.63, 3.8) is 0 Å². The van der Waals surface area contributed by atoms with E-state index in [4.69, 9.17) is 13.9 Å². The highest BCUT2D eigenvalue weighted by Gasteiger charge is 2.25. The third-order valence-corrected chi connectivity index (χ3v) is 3.90. The van der Waals surface area contributed by atoms with Crippen molar-refractivity contribution in [2.45, 2.75) is 26.9 Å². The number of anilines is 1. The summed E-state index contributed by atoms with van der Waals surface area (Å²) in [5, 5.41) is 2.68. The van der Waals surface area contributed by atoms with Crippen LogP contribution in [-0.2, 0) is 0 Å². The van der Waals surface area contributed by atoms with Gasteiger partial charge in [0, 0.05) is 6.54 Å². The van der Waals surface area contributed by atoms with Crippen LogP contribution in [0.4, 0.5) is 10.8 Å². The zero-order valence-electron chi connectivity index (χ0n) is 14.0. The van der Waals surface area contributed by atoms with Crippen molar-refractivity contribution < 1.29 is 18.7 Å². The summed E-state index contributed by atoms with van der Waals surface area (Å²) in [6.07, 6.45) is -0.223. The average molecular weight is 331 g/mol. The Bertz CT molecular complexity index is 709. The predicted octanol–water partition coefficient (Wildman–Crippen LogP) is 2.99. The minimum Gasteiger partial charge on any atom is -0.486 e. The lowest BCUT2D eigenvalue weighted by Gasteiger charge is -2.30. The molecule has 0 fully saturated rings. The summed E-state index contributed by atoms with van der Waals surface area (Å²) in [4.78, 5) is 18.2. The van der Waals surface area contributed by atoms with E-state index in [1.54, 1.807) is 11.8 Å². The van der Waals surface area contributed by atoms with Crippen LogP contribution in [0.3, 0.4) is 0 Å². The molecule has 128 valence electrons. The molecule has 0 bridgehead atoms. The van der Waals surface area contributed by atoms with Gasteiger partial charge in [0.15, 0.2) is 17.6 Å². The van der Waals surface area contributed by atoms with Gasteiger partial charge in [-0.05, 0) is 32.9 Å². The third-order valence-electron chi connectivity index (χ3n) is 3.90. The standard InChI is InChI=1S/C17H21N3O4/c1-4-20(17(21)19-16-18-11(2)12(3)23-16)9-13-10-22-14-7-5-6-8-15(14)24-13/h5-8,13H,4,9-10H2,1-3H3,(H,18,19,21). The minimum atomic E-state index is -0.277. The normalized spacial score (nSPS) is 15.9. The van der Waals surface area contributed by atoms with E-state index in [1.165, 1.54) is 0 Å². The number of benzene rings is 1. The van der Waals surface area contributed by atoms with Gasteiger partial charge in [0.2, 0.25) is 0 Å². The molecule has 0 aliphatic carbocycles. The van der Waals surface area contributed by atoms with Crippen LogP contribution in [0.25, 0.3) is 0 Å². The second kappa shape index (κ2) is 6.82. The Morgan fingerprint density at radius 3 is 2.75 bits per heavy atom. The first-order chi connectivity index (χ1) is 11.6. The number of amides is 2. The zero-order valence-corrected chi connectivity index (χ0v) is 14.0. The van der Waals surface area contributed by atoms with Gasteiger partial charge < -0.3 is 18.8 Å². The molecule has 0 radical (unpaired) electrons. The van der Waals surface area contributed by atoms with Crippen molar-refractivity contribution in [2.75, 3.05) is 25.0 Å². The minimum absolute atomic E-state index is 0.208. The Morgan fingerprint density at radius 1 is 1.33 bits per heavy atom. The number of fused-ring (bicyclic) bond motifs is 1. The molecular weight excluding hydrogens is 310 g/mol. The molecule has 1 aromatic heterocycles. The molecule has 2 amide bonds. The molecule has 1 N–H and O–H groups in total. The smallest absolute Gasteiger partial charge is 0.325 e. The van der Waals surface area contributed by atoms with Gasteiger partial charge in [0.1, 0.15) is 12.4 Å². The summed E-state index contributed by atoms with van der Waals surface area (Å²) >= 11 is 0. The maximum absolute atomic E-state index is 12.4. The molecule has 24 heavy (non-hydrogen) atoms. The Labute approximate surface area is 140 Å². The second-order valence-electron chi connectivity index (χ2n) is 5.63. The summed E-state index contributed by atoms with van der Waals surface area (Å²) in [6, 6.07) is 7.44. The van der Waals surface area contributed by atoms with Gasteiger partial charge in [0.05, 0.1) is 12.2 Å². The Hall–Kier alpha value is -2.70. The van der Waals surface area contributed by atoms with Crippen molar-refractivity contribution >= 4 is 12.0 Å². The number of aromatic nitrogens is 1. The van der Waals surface area contributed by atoms with Gasteiger partial charge in [0.25, 0.3) is 0 Å². The van der Waals surface area contributed by atoms with E-state index in [1.807, 2.05) is 38.1 Å². The van der Waals surface area contributed by atoms with Gasteiger partial charge >= 0.3 is 12.0 Å². The highest BCUT2D eigenvalue weighted by atomic mass is 16.6. The first-order valence-electron chi connectivity index (χ1n) is 7.95. The van der Waals surface area contributed by atoms with Crippen LogP contribution in [-0.4, -0.2) is 41.7 Å². The number of hydrogen-bond donors (Lipinski definition) is 1. The van der Waals surface area contributed by atoms with Crippen LogP contribution < -0.4 is 14.8 Å². The highest BCUT2D eigenvalue weighted by molar-refractivity contribution is 5.87. The van der Waals surface area contributed by atoms with E-state index in [0.717, 1.165) is 11.4 Å². The molecule has 2 heterocycles. The number of aryl methyl sites for hydroxylation is 2. The predicted molar refractivity (Wildman–Crippen MR) is 88.6 cm³/mol. The number of nitrogens with one attached hydrogen (secondary N) is 1. The third kappa shape index (κ3) is 3.45. The number of hydrogen-bond acceptors (Lipinski definition) is 5. The Balaban J connectivity index is 1.61. The fraction of sp³-hybridized carbons (Fsp3) is 0.412. The molecule has 0 saturated heterocycles. The number of rotatable bonds is 4. The first kappa shape index (κ1) is 16.2. The number of ether oxygens (including phenoxy) is 2. The number of oxazole rings is 1. The summed E-state index contributed by atoms with van der Waals surface area (Å²) in [5.74, 6) is 2.12. The lowest BCUT2D eigenvalue weighted by atomic mass is 10.2. The van der Waals surface area contributed by atoms with Gasteiger partial charge in [-0.15, -0.1) is 0 Å². The maximum Gasteiger partial charge on any atom is 0.325 e. The van der Waals surface area contributed by atoms with Crippen LogP contribution in [0.2, 0.25) is 0 Å². The summed E-state index contributed by atoms with van der Waals surface area (Å²) in [6.45, 7) is 6.89. The number of likely N-dealkylation sites (N-methyl/N-ethyl adjacent to an activating group) is 1. The van der Waals surface area contributed by atoms with E-state index < -0.39 is 0 Å². The molecule has 1 aliphatic rings. The Kier molecular flexibility index (Phi) is 4.59. The molecule has 1 unspecified atom stereocenters. The SMILES string of the molecule is CCN(CC1COc2ccccc2O1)C(=O)Nc1nc(C)c(C)o1. The van der Waals surface area contributed by atoms with Crippen molar-refractivity contribution in [3.05, 3.63) is 35.7 Å². The highest BCUT2D eigenvalue weighted by Crippen LogP contribution is 2.31. The largest absolute Gasteiger partial charge is 0.486 e. The van der Waals surface area contributed by atoms with Gasteiger partial charge in [-0.3, -0.25) is 5.32 Å².